The third-order valence-corrected chi connectivity index (χ3v) is 4.35. The van der Waals surface area contributed by atoms with E-state index in [1.165, 1.54) is 23.9 Å². The Morgan fingerprint density at radius 1 is 1.24 bits per heavy atom. The van der Waals surface area contributed by atoms with Crippen molar-refractivity contribution in [1.82, 2.24) is 15.3 Å². The van der Waals surface area contributed by atoms with Crippen molar-refractivity contribution in [1.29, 1.82) is 0 Å². The number of carbonyl (C=O) groups is 1. The maximum Gasteiger partial charge on any atom is 0.230 e. The van der Waals surface area contributed by atoms with Crippen LogP contribution in [0.5, 0.6) is 0 Å². The van der Waals surface area contributed by atoms with E-state index in [2.05, 4.69) is 15.3 Å². The van der Waals surface area contributed by atoms with Gasteiger partial charge in [-0.05, 0) is 42.3 Å². The Balaban J connectivity index is 0.00000225. The quantitative estimate of drug-likeness (QED) is 0.453. The van der Waals surface area contributed by atoms with Gasteiger partial charge in [0.2, 0.25) is 5.91 Å². The number of nitrogens with one attached hydrogen (secondary N) is 2. The van der Waals surface area contributed by atoms with Gasteiger partial charge >= 0.3 is 0 Å². The van der Waals surface area contributed by atoms with Gasteiger partial charge < -0.3 is 16.0 Å². The number of rotatable bonds is 6. The summed E-state index contributed by atoms with van der Waals surface area (Å²) in [5.74, 6) is -0.0486. The number of anilines is 1. The molecule has 8 heteroatoms. The van der Waals surface area contributed by atoms with Crippen molar-refractivity contribution in [3.8, 4) is 0 Å². The zero-order valence-corrected chi connectivity index (χ0v) is 14.9. The maximum absolute atomic E-state index is 12.8. The summed E-state index contributed by atoms with van der Waals surface area (Å²) in [6, 6.07) is 11.7. The minimum atomic E-state index is -0.258. The Bertz CT molecular complexity index is 853. The van der Waals surface area contributed by atoms with Crippen molar-refractivity contribution >= 4 is 46.8 Å². The van der Waals surface area contributed by atoms with Crippen molar-refractivity contribution in [2.45, 2.75) is 11.6 Å². The fraction of sp³-hybridized carbons (Fsp3) is 0.176. The second-order valence-electron chi connectivity index (χ2n) is 5.33. The molecule has 0 saturated heterocycles. The van der Waals surface area contributed by atoms with Crippen molar-refractivity contribution < 1.29 is 9.18 Å². The highest BCUT2D eigenvalue weighted by molar-refractivity contribution is 7.99. The molecule has 3 rings (SSSR count). The van der Waals surface area contributed by atoms with Crippen molar-refractivity contribution in [3.63, 3.8) is 0 Å². The largest absolute Gasteiger partial charge is 0.399 e. The molecule has 4 N–H and O–H groups in total. The summed E-state index contributed by atoms with van der Waals surface area (Å²) < 4.78 is 12.8. The van der Waals surface area contributed by atoms with Crippen LogP contribution in [0.1, 0.15) is 5.56 Å². The van der Waals surface area contributed by atoms with E-state index in [9.17, 15) is 9.18 Å². The molecule has 0 radical (unpaired) electrons. The number of amides is 1. The van der Waals surface area contributed by atoms with Crippen molar-refractivity contribution in [2.75, 3.05) is 18.0 Å². The smallest absolute Gasteiger partial charge is 0.230 e. The first-order valence-corrected chi connectivity index (χ1v) is 8.48. The summed E-state index contributed by atoms with van der Waals surface area (Å²) in [5, 5.41) is 3.53. The molecule has 0 atom stereocenters. The predicted molar refractivity (Wildman–Crippen MR) is 102 cm³/mol. The summed E-state index contributed by atoms with van der Waals surface area (Å²) in [6.07, 6.45) is 0.667. The van der Waals surface area contributed by atoms with Gasteiger partial charge in [-0.15, -0.1) is 12.4 Å². The SMILES string of the molecule is Cl.Nc1ccc2nc(SCC(=O)NCCc3ccc(F)cc3)[nH]c2c1. The number of aromatic nitrogens is 2. The van der Waals surface area contributed by atoms with E-state index in [0.29, 0.717) is 23.8 Å². The van der Waals surface area contributed by atoms with Crippen LogP contribution < -0.4 is 11.1 Å². The fourth-order valence-electron chi connectivity index (χ4n) is 2.25. The number of H-pyrrole nitrogens is 1. The lowest BCUT2D eigenvalue weighted by Gasteiger charge is -2.04. The number of halogens is 2. The zero-order chi connectivity index (χ0) is 16.9. The molecule has 25 heavy (non-hydrogen) atoms. The number of fused-ring (bicyclic) bond motifs is 1. The second kappa shape index (κ2) is 8.73. The molecule has 5 nitrogen and oxygen atoms in total. The summed E-state index contributed by atoms with van der Waals surface area (Å²) >= 11 is 1.34. The first kappa shape index (κ1) is 19.1. The Morgan fingerprint density at radius 2 is 2.00 bits per heavy atom. The van der Waals surface area contributed by atoms with Gasteiger partial charge in [0.15, 0.2) is 5.16 Å². The van der Waals surface area contributed by atoms with Gasteiger partial charge in [0.25, 0.3) is 0 Å². The van der Waals surface area contributed by atoms with Gasteiger partial charge in [-0.1, -0.05) is 23.9 Å². The van der Waals surface area contributed by atoms with Crippen molar-refractivity contribution in [2.24, 2.45) is 0 Å². The van der Waals surface area contributed by atoms with E-state index in [4.69, 9.17) is 5.73 Å². The van der Waals surface area contributed by atoms with Crippen molar-refractivity contribution in [3.05, 3.63) is 53.8 Å². The lowest BCUT2D eigenvalue weighted by Crippen LogP contribution is -2.27. The molecule has 0 fully saturated rings. The lowest BCUT2D eigenvalue weighted by molar-refractivity contribution is -0.118. The topological polar surface area (TPSA) is 83.8 Å². The van der Waals surface area contributed by atoms with Crippen LogP contribution in [0.3, 0.4) is 0 Å². The monoisotopic (exact) mass is 380 g/mol. The van der Waals surface area contributed by atoms with E-state index in [-0.39, 0.29) is 29.9 Å². The Labute approximate surface area is 155 Å². The fourth-order valence-corrected chi connectivity index (χ4v) is 2.97. The molecular formula is C17H18ClFN4OS. The van der Waals surface area contributed by atoms with E-state index < -0.39 is 0 Å². The lowest BCUT2D eigenvalue weighted by atomic mass is 10.1. The van der Waals surface area contributed by atoms with Crippen LogP contribution in [-0.4, -0.2) is 28.2 Å². The van der Waals surface area contributed by atoms with Gasteiger partial charge in [0.05, 0.1) is 16.8 Å². The number of imidazole rings is 1. The minimum absolute atomic E-state index is 0. The predicted octanol–water partition coefficient (Wildman–Crippen LogP) is 3.16. The van der Waals surface area contributed by atoms with Crippen LogP contribution in [0.25, 0.3) is 11.0 Å². The average molecular weight is 381 g/mol. The molecule has 0 unspecified atom stereocenters. The highest BCUT2D eigenvalue weighted by Crippen LogP contribution is 2.20. The molecule has 0 bridgehead atoms. The van der Waals surface area contributed by atoms with E-state index in [0.717, 1.165) is 16.6 Å². The summed E-state index contributed by atoms with van der Waals surface area (Å²) in [6.45, 7) is 0.516. The Kier molecular flexibility index (Phi) is 6.66. The molecule has 2 aromatic carbocycles. The molecule has 3 aromatic rings. The summed E-state index contributed by atoms with van der Waals surface area (Å²) in [5.41, 5.74) is 9.06. The Hall–Kier alpha value is -2.25. The van der Waals surface area contributed by atoms with Gasteiger partial charge in [0, 0.05) is 12.2 Å². The number of nitrogens with two attached hydrogens (primary N) is 1. The molecule has 1 heterocycles. The molecule has 0 spiro atoms. The van der Waals surface area contributed by atoms with Crippen LogP contribution in [0.15, 0.2) is 47.6 Å². The standard InChI is InChI=1S/C17H17FN4OS.ClH/c18-12-3-1-11(2-4-12)7-8-20-16(23)10-24-17-21-14-6-5-13(19)9-15(14)22-17;/h1-6,9H,7-8,10,19H2,(H,20,23)(H,21,22);1H. The molecule has 0 aliphatic heterocycles. The molecule has 132 valence electrons. The van der Waals surface area contributed by atoms with E-state index in [1.54, 1.807) is 18.2 Å². The third-order valence-electron chi connectivity index (χ3n) is 3.47. The second-order valence-corrected chi connectivity index (χ2v) is 6.30. The molecule has 0 aliphatic carbocycles. The summed E-state index contributed by atoms with van der Waals surface area (Å²) in [7, 11) is 0. The van der Waals surface area contributed by atoms with Gasteiger partial charge in [0.1, 0.15) is 5.82 Å². The number of aromatic amines is 1. The number of benzene rings is 2. The molecule has 0 saturated carbocycles. The number of nitrogen functional groups attached to an aromatic ring is 1. The molecule has 0 aliphatic rings. The minimum Gasteiger partial charge on any atom is -0.399 e. The molecule has 1 aromatic heterocycles. The summed E-state index contributed by atoms with van der Waals surface area (Å²) in [4.78, 5) is 19.4. The van der Waals surface area contributed by atoms with Crippen LogP contribution in [0, 0.1) is 5.82 Å². The number of nitrogens with zero attached hydrogens (tertiary/aromatic N) is 1. The van der Waals surface area contributed by atoms with E-state index >= 15 is 0 Å². The molecule has 1 amide bonds. The van der Waals surface area contributed by atoms with Crippen LogP contribution in [0.4, 0.5) is 10.1 Å². The normalized spacial score (nSPS) is 10.4. The average Bonchev–Trinajstić information content (AvgIpc) is 2.97. The zero-order valence-electron chi connectivity index (χ0n) is 13.3. The van der Waals surface area contributed by atoms with Gasteiger partial charge in [-0.25, -0.2) is 9.37 Å². The maximum atomic E-state index is 12.8. The number of thioether (sulfide) groups is 1. The first-order valence-electron chi connectivity index (χ1n) is 7.49. The number of hydrogen-bond acceptors (Lipinski definition) is 4. The number of carbonyl (C=O) groups excluding carboxylic acids is 1. The highest BCUT2D eigenvalue weighted by atomic mass is 35.5. The first-order chi connectivity index (χ1) is 11.6. The third kappa shape index (κ3) is 5.37. The Morgan fingerprint density at radius 3 is 2.76 bits per heavy atom. The van der Waals surface area contributed by atoms with Crippen LogP contribution >= 0.6 is 24.2 Å². The number of hydrogen-bond donors (Lipinski definition) is 3. The highest BCUT2D eigenvalue weighted by Gasteiger charge is 2.07. The molecular weight excluding hydrogens is 363 g/mol. The van der Waals surface area contributed by atoms with E-state index in [1.807, 2.05) is 12.1 Å². The van der Waals surface area contributed by atoms with Crippen LogP contribution in [0.2, 0.25) is 0 Å². The van der Waals surface area contributed by atoms with Gasteiger partial charge in [-0.3, -0.25) is 4.79 Å². The van der Waals surface area contributed by atoms with Gasteiger partial charge in [-0.2, -0.15) is 0 Å². The van der Waals surface area contributed by atoms with Crippen LogP contribution in [-0.2, 0) is 11.2 Å².